The number of carbonyl (C=O) groups is 1. The second-order valence-corrected chi connectivity index (χ2v) is 4.55. The Balaban J connectivity index is 1.91. The van der Waals surface area contributed by atoms with Gasteiger partial charge in [0.05, 0.1) is 6.21 Å². The predicted molar refractivity (Wildman–Crippen MR) is 82.1 cm³/mol. The van der Waals surface area contributed by atoms with Crippen LogP contribution in [0, 0.1) is 13.8 Å². The first-order valence-corrected chi connectivity index (χ1v) is 6.37. The van der Waals surface area contributed by atoms with Gasteiger partial charge in [-0.1, -0.05) is 42.0 Å². The number of rotatable bonds is 3. The Bertz CT molecular complexity index is 621. The second-order valence-electron chi connectivity index (χ2n) is 4.55. The third kappa shape index (κ3) is 3.95. The van der Waals surface area contributed by atoms with E-state index in [2.05, 4.69) is 21.9 Å². The fourth-order valence-corrected chi connectivity index (χ4v) is 1.81. The Morgan fingerprint density at radius 3 is 2.55 bits per heavy atom. The highest BCUT2D eigenvalue weighted by atomic mass is 16.2. The summed E-state index contributed by atoms with van der Waals surface area (Å²) >= 11 is 0. The van der Waals surface area contributed by atoms with Gasteiger partial charge in [-0.2, -0.15) is 5.10 Å². The number of para-hydroxylation sites is 1. The van der Waals surface area contributed by atoms with Gasteiger partial charge in [0, 0.05) is 5.69 Å². The summed E-state index contributed by atoms with van der Waals surface area (Å²) in [6, 6.07) is 14.9. The fourth-order valence-electron chi connectivity index (χ4n) is 1.81. The molecule has 4 nitrogen and oxygen atoms in total. The zero-order chi connectivity index (χ0) is 14.4. The summed E-state index contributed by atoms with van der Waals surface area (Å²) in [6.45, 7) is 4.05. The summed E-state index contributed by atoms with van der Waals surface area (Å²) in [5.74, 6) is 0. The molecule has 0 aliphatic rings. The molecule has 2 rings (SSSR count). The maximum Gasteiger partial charge on any atom is 0.339 e. The van der Waals surface area contributed by atoms with Crippen LogP contribution in [0.3, 0.4) is 0 Å². The van der Waals surface area contributed by atoms with E-state index in [1.54, 1.807) is 6.21 Å². The van der Waals surface area contributed by atoms with E-state index in [0.29, 0.717) is 0 Å². The highest BCUT2D eigenvalue weighted by Crippen LogP contribution is 2.08. The number of nitrogens with zero attached hydrogens (tertiary/aromatic N) is 1. The number of urea groups is 1. The third-order valence-corrected chi connectivity index (χ3v) is 2.83. The van der Waals surface area contributed by atoms with E-state index in [4.69, 9.17) is 0 Å². The number of hydrazone groups is 1. The molecule has 0 fully saturated rings. The molecular formula is C16H17N3O. The molecule has 2 aromatic carbocycles. The molecule has 102 valence electrons. The van der Waals surface area contributed by atoms with E-state index < -0.39 is 0 Å². The lowest BCUT2D eigenvalue weighted by Crippen LogP contribution is -2.24. The standard InChI is InChI=1S/C16H17N3O/c1-12-8-9-14(13(2)10-12)11-17-19-16(20)18-15-6-4-3-5-7-15/h3-11H,1-2H3,(H2,18,19,20). The molecule has 2 amide bonds. The molecule has 4 heteroatoms. The van der Waals surface area contributed by atoms with Crippen LogP contribution in [-0.4, -0.2) is 12.2 Å². The van der Waals surface area contributed by atoms with Gasteiger partial charge in [-0.05, 0) is 37.1 Å². The zero-order valence-electron chi connectivity index (χ0n) is 11.6. The first-order valence-electron chi connectivity index (χ1n) is 6.37. The van der Waals surface area contributed by atoms with Gasteiger partial charge in [0.25, 0.3) is 0 Å². The molecule has 0 aromatic heterocycles. The summed E-state index contributed by atoms with van der Waals surface area (Å²) < 4.78 is 0. The highest BCUT2D eigenvalue weighted by molar-refractivity contribution is 5.90. The average molecular weight is 267 g/mol. The van der Waals surface area contributed by atoms with Gasteiger partial charge in [0.15, 0.2) is 0 Å². The minimum absolute atomic E-state index is 0.364. The predicted octanol–water partition coefficient (Wildman–Crippen LogP) is 3.46. The quantitative estimate of drug-likeness (QED) is 0.649. The van der Waals surface area contributed by atoms with Crippen molar-refractivity contribution in [3.8, 4) is 0 Å². The smallest absolute Gasteiger partial charge is 0.307 e. The topological polar surface area (TPSA) is 53.5 Å². The molecular weight excluding hydrogens is 250 g/mol. The Kier molecular flexibility index (Phi) is 4.50. The minimum atomic E-state index is -0.364. The van der Waals surface area contributed by atoms with E-state index in [1.807, 2.05) is 56.3 Å². The number of hydrogen-bond donors (Lipinski definition) is 2. The van der Waals surface area contributed by atoms with Crippen molar-refractivity contribution in [2.24, 2.45) is 5.10 Å². The largest absolute Gasteiger partial charge is 0.339 e. The fraction of sp³-hybridized carbons (Fsp3) is 0.125. The Labute approximate surface area is 118 Å². The number of anilines is 1. The van der Waals surface area contributed by atoms with Crippen LogP contribution in [0.5, 0.6) is 0 Å². The summed E-state index contributed by atoms with van der Waals surface area (Å²) in [5, 5.41) is 6.63. The van der Waals surface area contributed by atoms with Crippen LogP contribution in [0.15, 0.2) is 53.6 Å². The normalized spacial score (nSPS) is 10.5. The van der Waals surface area contributed by atoms with Crippen molar-refractivity contribution in [1.29, 1.82) is 0 Å². The van der Waals surface area contributed by atoms with Crippen molar-refractivity contribution in [3.63, 3.8) is 0 Å². The molecule has 2 N–H and O–H groups in total. The molecule has 0 radical (unpaired) electrons. The maximum atomic E-state index is 11.6. The number of nitrogens with one attached hydrogen (secondary N) is 2. The lowest BCUT2D eigenvalue weighted by molar-refractivity contribution is 0.252. The van der Waals surface area contributed by atoms with Crippen molar-refractivity contribution in [2.45, 2.75) is 13.8 Å². The van der Waals surface area contributed by atoms with Crippen LogP contribution >= 0.6 is 0 Å². The molecule has 0 spiro atoms. The van der Waals surface area contributed by atoms with Crippen LogP contribution in [0.2, 0.25) is 0 Å². The summed E-state index contributed by atoms with van der Waals surface area (Å²) in [6.07, 6.45) is 1.64. The van der Waals surface area contributed by atoms with Gasteiger partial charge >= 0.3 is 6.03 Å². The Morgan fingerprint density at radius 2 is 1.85 bits per heavy atom. The summed E-state index contributed by atoms with van der Waals surface area (Å²) in [7, 11) is 0. The minimum Gasteiger partial charge on any atom is -0.307 e. The average Bonchev–Trinajstić information content (AvgIpc) is 2.42. The monoisotopic (exact) mass is 267 g/mol. The molecule has 0 saturated heterocycles. The van der Waals surface area contributed by atoms with Gasteiger partial charge in [-0.15, -0.1) is 0 Å². The van der Waals surface area contributed by atoms with Crippen LogP contribution in [0.25, 0.3) is 0 Å². The first kappa shape index (κ1) is 13.8. The van der Waals surface area contributed by atoms with Crippen LogP contribution in [0.4, 0.5) is 10.5 Å². The number of amides is 2. The molecule has 2 aromatic rings. The highest BCUT2D eigenvalue weighted by Gasteiger charge is 1.99. The Hall–Kier alpha value is -2.62. The SMILES string of the molecule is Cc1ccc(C=NNC(=O)Nc2ccccc2)c(C)c1. The maximum absolute atomic E-state index is 11.6. The van der Waals surface area contributed by atoms with Crippen molar-refractivity contribution >= 4 is 17.9 Å². The Morgan fingerprint density at radius 1 is 1.10 bits per heavy atom. The molecule has 0 aliphatic heterocycles. The van der Waals surface area contributed by atoms with Gasteiger partial charge in [0.1, 0.15) is 0 Å². The zero-order valence-corrected chi connectivity index (χ0v) is 11.6. The van der Waals surface area contributed by atoms with E-state index in [1.165, 1.54) is 5.56 Å². The van der Waals surface area contributed by atoms with Crippen molar-refractivity contribution < 1.29 is 4.79 Å². The molecule has 0 bridgehead atoms. The number of carbonyl (C=O) groups excluding carboxylic acids is 1. The van der Waals surface area contributed by atoms with Crippen LogP contribution in [-0.2, 0) is 0 Å². The molecule has 0 saturated carbocycles. The lowest BCUT2D eigenvalue weighted by atomic mass is 10.1. The van der Waals surface area contributed by atoms with Gasteiger partial charge in [-0.25, -0.2) is 10.2 Å². The van der Waals surface area contributed by atoms with Gasteiger partial charge < -0.3 is 5.32 Å². The number of aryl methyl sites for hydroxylation is 2. The van der Waals surface area contributed by atoms with Crippen molar-refractivity contribution in [2.75, 3.05) is 5.32 Å². The van der Waals surface area contributed by atoms with Crippen molar-refractivity contribution in [3.05, 3.63) is 65.2 Å². The van der Waals surface area contributed by atoms with Gasteiger partial charge in [0.2, 0.25) is 0 Å². The molecule has 0 unspecified atom stereocenters. The van der Waals surface area contributed by atoms with E-state index in [0.717, 1.165) is 16.8 Å². The summed E-state index contributed by atoms with van der Waals surface area (Å²) in [4.78, 5) is 11.6. The van der Waals surface area contributed by atoms with E-state index in [-0.39, 0.29) is 6.03 Å². The van der Waals surface area contributed by atoms with Crippen LogP contribution in [0.1, 0.15) is 16.7 Å². The molecule has 0 aliphatic carbocycles. The second kappa shape index (κ2) is 6.52. The summed E-state index contributed by atoms with van der Waals surface area (Å²) in [5.41, 5.74) is 6.48. The molecule has 0 atom stereocenters. The first-order chi connectivity index (χ1) is 9.65. The molecule has 0 heterocycles. The third-order valence-electron chi connectivity index (χ3n) is 2.83. The van der Waals surface area contributed by atoms with Gasteiger partial charge in [-0.3, -0.25) is 0 Å². The molecule has 20 heavy (non-hydrogen) atoms. The van der Waals surface area contributed by atoms with E-state index >= 15 is 0 Å². The number of benzene rings is 2. The van der Waals surface area contributed by atoms with Crippen LogP contribution < -0.4 is 10.7 Å². The van der Waals surface area contributed by atoms with Crippen molar-refractivity contribution in [1.82, 2.24) is 5.43 Å². The number of hydrogen-bond acceptors (Lipinski definition) is 2. The van der Waals surface area contributed by atoms with E-state index in [9.17, 15) is 4.79 Å². The lowest BCUT2D eigenvalue weighted by Gasteiger charge is -2.04.